The molecule has 0 aliphatic heterocycles. The first-order valence-electron chi connectivity index (χ1n) is 12.0. The Kier molecular flexibility index (Phi) is 8.27. The number of fused-ring (bicyclic) bond motifs is 2. The molecule has 0 aromatic heterocycles. The maximum Gasteiger partial charge on any atom is 0.338 e. The fourth-order valence-electron chi connectivity index (χ4n) is 4.22. The Morgan fingerprint density at radius 2 is 1.38 bits per heavy atom. The molecule has 1 atom stereocenters. The van der Waals surface area contributed by atoms with Crippen molar-refractivity contribution in [2.75, 3.05) is 0 Å². The smallest absolute Gasteiger partial charge is 0.338 e. The van der Waals surface area contributed by atoms with Gasteiger partial charge in [0.2, 0.25) is 0 Å². The second-order valence-corrected chi connectivity index (χ2v) is 9.00. The molecule has 0 amide bonds. The quantitative estimate of drug-likeness (QED) is 0.135. The van der Waals surface area contributed by atoms with Gasteiger partial charge in [-0.05, 0) is 31.7 Å². The molecular weight excluding hydrogens is 424 g/mol. The molecule has 0 spiro atoms. The van der Waals surface area contributed by atoms with Gasteiger partial charge in [0, 0.05) is 32.7 Å². The van der Waals surface area contributed by atoms with Crippen molar-refractivity contribution in [1.82, 2.24) is 0 Å². The molecule has 4 heteroatoms. The van der Waals surface area contributed by atoms with Crippen molar-refractivity contribution >= 4 is 33.5 Å². The monoisotopic (exact) mass is 458 g/mol. The van der Waals surface area contributed by atoms with Crippen molar-refractivity contribution in [1.29, 1.82) is 0 Å². The zero-order valence-electron chi connectivity index (χ0n) is 20.7. The zero-order valence-corrected chi connectivity index (χ0v) is 20.7. The van der Waals surface area contributed by atoms with Crippen molar-refractivity contribution < 1.29 is 19.1 Å². The summed E-state index contributed by atoms with van der Waals surface area (Å²) in [5.74, 6) is 0.471. The van der Waals surface area contributed by atoms with Crippen LogP contribution in [0.5, 0.6) is 11.5 Å². The molecule has 0 aliphatic rings. The zero-order chi connectivity index (χ0) is 24.8. The highest BCUT2D eigenvalue weighted by molar-refractivity contribution is 6.14. The van der Waals surface area contributed by atoms with Gasteiger partial charge in [0.05, 0.1) is 0 Å². The number of esters is 2. The molecule has 3 aromatic rings. The van der Waals surface area contributed by atoms with Crippen LogP contribution in [0.1, 0.15) is 58.9 Å². The minimum Gasteiger partial charge on any atom is -0.422 e. The summed E-state index contributed by atoms with van der Waals surface area (Å²) < 4.78 is 11.8. The lowest BCUT2D eigenvalue weighted by Crippen LogP contribution is -2.12. The normalized spacial score (nSPS) is 11.9. The number of benzene rings is 3. The van der Waals surface area contributed by atoms with E-state index in [0.717, 1.165) is 42.0 Å². The average Bonchev–Trinajstić information content (AvgIpc) is 2.83. The van der Waals surface area contributed by atoms with Gasteiger partial charge in [-0.15, -0.1) is 0 Å². The third kappa shape index (κ3) is 5.39. The van der Waals surface area contributed by atoms with Crippen LogP contribution in [-0.2, 0) is 16.0 Å². The van der Waals surface area contributed by atoms with Gasteiger partial charge in [0.15, 0.2) is 0 Å². The molecule has 0 radical (unpaired) electrons. The topological polar surface area (TPSA) is 52.6 Å². The number of unbranched alkanes of at least 4 members (excludes halogenated alkanes) is 1. The molecule has 1 unspecified atom stereocenters. The minimum atomic E-state index is -0.488. The summed E-state index contributed by atoms with van der Waals surface area (Å²) in [5.41, 5.74) is 1.71. The highest BCUT2D eigenvalue weighted by atomic mass is 16.5. The van der Waals surface area contributed by atoms with Crippen molar-refractivity contribution in [2.24, 2.45) is 5.92 Å². The van der Waals surface area contributed by atoms with Gasteiger partial charge in [-0.1, -0.05) is 95.2 Å². The average molecular weight is 459 g/mol. The van der Waals surface area contributed by atoms with E-state index in [0.29, 0.717) is 39.3 Å². The predicted octanol–water partition coefficient (Wildman–Crippen LogP) is 7.71. The van der Waals surface area contributed by atoms with E-state index in [4.69, 9.17) is 9.47 Å². The fraction of sp³-hybridized carbons (Fsp3) is 0.333. The summed E-state index contributed by atoms with van der Waals surface area (Å²) in [6.45, 7) is 15.2. The summed E-state index contributed by atoms with van der Waals surface area (Å²) in [7, 11) is 0. The van der Waals surface area contributed by atoms with Crippen LogP contribution in [-0.4, -0.2) is 11.9 Å². The summed E-state index contributed by atoms with van der Waals surface area (Å²) >= 11 is 0. The van der Waals surface area contributed by atoms with Crippen LogP contribution in [0, 0.1) is 5.92 Å². The SMILES string of the molecule is C=C(C)C(=O)Oc1c2ccccc2c(OC(=O)C(=C)C)c2c(CC(CC)CCCC)cccc12. The maximum absolute atomic E-state index is 12.7. The molecule has 0 bridgehead atoms. The molecule has 0 aliphatic carbocycles. The van der Waals surface area contributed by atoms with Crippen LogP contribution in [0.2, 0.25) is 0 Å². The van der Waals surface area contributed by atoms with Crippen LogP contribution in [0.15, 0.2) is 66.8 Å². The fourth-order valence-corrected chi connectivity index (χ4v) is 4.22. The van der Waals surface area contributed by atoms with Crippen LogP contribution < -0.4 is 9.47 Å². The molecule has 4 nitrogen and oxygen atoms in total. The van der Waals surface area contributed by atoms with Crippen molar-refractivity contribution in [2.45, 2.75) is 59.8 Å². The standard InChI is InChI=1S/C30H34O4/c1-7-9-13-21(8-2)18-22-14-12-17-25-26(22)28(34-30(32)20(5)6)24-16-11-10-15-23(24)27(25)33-29(31)19(3)4/h10-12,14-17,21H,3,5,7-9,13,18H2,1-2,4,6H3. The summed E-state index contributed by atoms with van der Waals surface area (Å²) in [4.78, 5) is 25.2. The third-order valence-corrected chi connectivity index (χ3v) is 6.18. The molecule has 0 saturated carbocycles. The lowest BCUT2D eigenvalue weighted by atomic mass is 9.88. The number of ether oxygens (including phenoxy) is 2. The van der Waals surface area contributed by atoms with Gasteiger partial charge in [-0.3, -0.25) is 0 Å². The molecule has 0 saturated heterocycles. The van der Waals surface area contributed by atoms with E-state index in [9.17, 15) is 9.59 Å². The summed E-state index contributed by atoms with van der Waals surface area (Å²) in [5, 5.41) is 2.95. The van der Waals surface area contributed by atoms with E-state index < -0.39 is 11.9 Å². The lowest BCUT2D eigenvalue weighted by Gasteiger charge is -2.21. The van der Waals surface area contributed by atoms with Gasteiger partial charge in [-0.2, -0.15) is 0 Å². The van der Waals surface area contributed by atoms with Crippen molar-refractivity contribution in [3.63, 3.8) is 0 Å². The maximum atomic E-state index is 12.7. The molecule has 34 heavy (non-hydrogen) atoms. The molecule has 0 fully saturated rings. The molecule has 3 rings (SSSR count). The Bertz CT molecular complexity index is 1250. The van der Waals surface area contributed by atoms with E-state index >= 15 is 0 Å². The van der Waals surface area contributed by atoms with Gasteiger partial charge >= 0.3 is 11.9 Å². The molecular formula is C30H34O4. The Labute approximate surface area is 202 Å². The first-order valence-corrected chi connectivity index (χ1v) is 12.0. The highest BCUT2D eigenvalue weighted by Crippen LogP contribution is 2.45. The Hall–Kier alpha value is -3.40. The van der Waals surface area contributed by atoms with Crippen molar-refractivity contribution in [3.05, 3.63) is 72.3 Å². The highest BCUT2D eigenvalue weighted by Gasteiger charge is 2.23. The van der Waals surface area contributed by atoms with Crippen molar-refractivity contribution in [3.8, 4) is 11.5 Å². The van der Waals surface area contributed by atoms with E-state index in [2.05, 4.69) is 33.1 Å². The Morgan fingerprint density at radius 1 is 0.824 bits per heavy atom. The predicted molar refractivity (Wildman–Crippen MR) is 139 cm³/mol. The number of hydrogen-bond donors (Lipinski definition) is 0. The number of carbonyl (C=O) groups is 2. The number of carbonyl (C=O) groups excluding carboxylic acids is 2. The number of hydrogen-bond acceptors (Lipinski definition) is 4. The molecule has 0 N–H and O–H groups in total. The van der Waals surface area contributed by atoms with E-state index in [1.54, 1.807) is 13.8 Å². The number of rotatable bonds is 10. The van der Waals surface area contributed by atoms with E-state index in [1.165, 1.54) is 6.42 Å². The van der Waals surface area contributed by atoms with E-state index in [-0.39, 0.29) is 0 Å². The van der Waals surface area contributed by atoms with Crippen LogP contribution in [0.4, 0.5) is 0 Å². The summed E-state index contributed by atoms with van der Waals surface area (Å²) in [6.07, 6.45) is 5.36. The second-order valence-electron chi connectivity index (χ2n) is 9.00. The van der Waals surface area contributed by atoms with Crippen LogP contribution >= 0.6 is 0 Å². The van der Waals surface area contributed by atoms with Gasteiger partial charge < -0.3 is 9.47 Å². The molecule has 178 valence electrons. The largest absolute Gasteiger partial charge is 0.422 e. The third-order valence-electron chi connectivity index (χ3n) is 6.18. The molecule has 3 aromatic carbocycles. The summed E-state index contributed by atoms with van der Waals surface area (Å²) in [6, 6.07) is 13.5. The lowest BCUT2D eigenvalue weighted by molar-refractivity contribution is -0.130. The van der Waals surface area contributed by atoms with E-state index in [1.807, 2.05) is 36.4 Å². The van der Waals surface area contributed by atoms with Gasteiger partial charge in [-0.25, -0.2) is 9.59 Å². The second kappa shape index (κ2) is 11.1. The Morgan fingerprint density at radius 3 is 1.94 bits per heavy atom. The van der Waals surface area contributed by atoms with Crippen LogP contribution in [0.25, 0.3) is 21.5 Å². The first kappa shape index (κ1) is 25.2. The van der Waals surface area contributed by atoms with Gasteiger partial charge in [0.1, 0.15) is 11.5 Å². The minimum absolute atomic E-state index is 0.316. The first-order chi connectivity index (χ1) is 16.3. The molecule has 0 heterocycles. The Balaban J connectivity index is 2.34. The van der Waals surface area contributed by atoms with Crippen LogP contribution in [0.3, 0.4) is 0 Å². The van der Waals surface area contributed by atoms with Gasteiger partial charge in [0.25, 0.3) is 0 Å².